The average Bonchev–Trinajstić information content (AvgIpc) is 2.34. The van der Waals surface area contributed by atoms with Crippen LogP contribution >= 0.6 is 25.4 Å². The van der Waals surface area contributed by atoms with Crippen molar-refractivity contribution in [3.8, 4) is 5.75 Å². The van der Waals surface area contributed by atoms with Crippen molar-refractivity contribution in [2.45, 2.75) is 19.8 Å². The number of rotatable bonds is 6. The summed E-state index contributed by atoms with van der Waals surface area (Å²) in [5.74, 6) is -0.786. The SMILES string of the molecule is CCCCOc1cc(Br)c(F)cc1C(=O)NOP. The summed E-state index contributed by atoms with van der Waals surface area (Å²) in [6, 6.07) is 2.53. The molecule has 18 heavy (non-hydrogen) atoms. The van der Waals surface area contributed by atoms with Crippen molar-refractivity contribution < 1.29 is 18.5 Å². The van der Waals surface area contributed by atoms with Crippen molar-refractivity contribution in [1.29, 1.82) is 0 Å². The molecule has 1 unspecified atom stereocenters. The third-order valence-corrected chi connectivity index (χ3v) is 2.90. The van der Waals surface area contributed by atoms with Gasteiger partial charge >= 0.3 is 0 Å². The fourth-order valence-corrected chi connectivity index (χ4v) is 1.69. The monoisotopic (exact) mass is 337 g/mol. The maximum atomic E-state index is 13.4. The number of carbonyl (C=O) groups is 1. The van der Waals surface area contributed by atoms with E-state index >= 15 is 0 Å². The summed E-state index contributed by atoms with van der Waals surface area (Å²) in [5, 5.41) is 0. The highest BCUT2D eigenvalue weighted by atomic mass is 79.9. The fraction of sp³-hybridized carbons (Fsp3) is 0.364. The van der Waals surface area contributed by atoms with Gasteiger partial charge in [0.1, 0.15) is 11.6 Å². The van der Waals surface area contributed by atoms with Crippen LogP contribution < -0.4 is 10.2 Å². The first-order chi connectivity index (χ1) is 8.60. The van der Waals surface area contributed by atoms with E-state index in [1.165, 1.54) is 6.07 Å². The molecular weight excluding hydrogens is 324 g/mol. The lowest BCUT2D eigenvalue weighted by atomic mass is 10.2. The minimum Gasteiger partial charge on any atom is -0.493 e. The van der Waals surface area contributed by atoms with Crippen molar-refractivity contribution in [2.24, 2.45) is 0 Å². The largest absolute Gasteiger partial charge is 0.493 e. The third kappa shape index (κ3) is 4.19. The van der Waals surface area contributed by atoms with Gasteiger partial charge in [-0.1, -0.05) is 13.3 Å². The van der Waals surface area contributed by atoms with Crippen molar-refractivity contribution in [3.63, 3.8) is 0 Å². The normalized spacial score (nSPS) is 10.2. The molecule has 0 aliphatic heterocycles. The van der Waals surface area contributed by atoms with E-state index in [1.807, 2.05) is 16.4 Å². The van der Waals surface area contributed by atoms with Crippen LogP contribution in [0, 0.1) is 5.82 Å². The van der Waals surface area contributed by atoms with Gasteiger partial charge in [0.25, 0.3) is 5.91 Å². The first-order valence-corrected chi connectivity index (χ1v) is 6.64. The lowest BCUT2D eigenvalue weighted by Crippen LogP contribution is -2.21. The van der Waals surface area contributed by atoms with Gasteiger partial charge in [-0.05, 0) is 34.5 Å². The van der Waals surface area contributed by atoms with E-state index < -0.39 is 11.7 Å². The lowest BCUT2D eigenvalue weighted by molar-refractivity contribution is 0.0790. The smallest absolute Gasteiger partial charge is 0.278 e. The maximum absolute atomic E-state index is 13.4. The van der Waals surface area contributed by atoms with Gasteiger partial charge in [-0.3, -0.25) is 9.42 Å². The van der Waals surface area contributed by atoms with Gasteiger partial charge in [0.2, 0.25) is 0 Å². The van der Waals surface area contributed by atoms with Gasteiger partial charge in [-0.25, -0.2) is 9.87 Å². The number of amides is 1. The van der Waals surface area contributed by atoms with Crippen LogP contribution in [-0.4, -0.2) is 12.5 Å². The molecule has 1 aromatic carbocycles. The molecule has 0 radical (unpaired) electrons. The van der Waals surface area contributed by atoms with Gasteiger partial charge in [0, 0.05) is 9.47 Å². The van der Waals surface area contributed by atoms with Gasteiger partial charge < -0.3 is 4.74 Å². The first-order valence-electron chi connectivity index (χ1n) is 5.38. The van der Waals surface area contributed by atoms with Crippen molar-refractivity contribution in [2.75, 3.05) is 6.61 Å². The van der Waals surface area contributed by atoms with Crippen LogP contribution in [-0.2, 0) is 4.62 Å². The zero-order chi connectivity index (χ0) is 13.5. The number of benzene rings is 1. The quantitative estimate of drug-likeness (QED) is 0.492. The molecule has 4 nitrogen and oxygen atoms in total. The number of hydrogen-bond acceptors (Lipinski definition) is 3. The van der Waals surface area contributed by atoms with E-state index in [9.17, 15) is 9.18 Å². The van der Waals surface area contributed by atoms with Crippen molar-refractivity contribution in [1.82, 2.24) is 5.48 Å². The van der Waals surface area contributed by atoms with Crippen LogP contribution in [0.5, 0.6) is 5.75 Å². The lowest BCUT2D eigenvalue weighted by Gasteiger charge is -2.11. The fourth-order valence-electron chi connectivity index (χ4n) is 1.26. The Morgan fingerprint density at radius 1 is 1.56 bits per heavy atom. The van der Waals surface area contributed by atoms with Crippen LogP contribution in [0.4, 0.5) is 4.39 Å². The summed E-state index contributed by atoms with van der Waals surface area (Å²) in [5.41, 5.74) is 2.19. The number of hydrogen-bond donors (Lipinski definition) is 1. The maximum Gasteiger partial charge on any atom is 0.278 e. The number of unbranched alkanes of at least 4 members (excludes halogenated alkanes) is 1. The topological polar surface area (TPSA) is 47.6 Å². The molecular formula is C11H14BrFNO3P. The number of hydroxylamine groups is 1. The van der Waals surface area contributed by atoms with Crippen LogP contribution in [0.15, 0.2) is 16.6 Å². The summed E-state index contributed by atoms with van der Waals surface area (Å²) < 4.78 is 23.6. The Bertz CT molecular complexity index is 431. The zero-order valence-electron chi connectivity index (χ0n) is 9.83. The molecule has 1 rings (SSSR count). The molecule has 0 bridgehead atoms. The number of halogens is 2. The van der Waals surface area contributed by atoms with E-state index in [1.54, 1.807) is 0 Å². The highest BCUT2D eigenvalue weighted by Gasteiger charge is 2.16. The molecule has 100 valence electrons. The summed E-state index contributed by atoms with van der Waals surface area (Å²) in [6.07, 6.45) is 1.83. The molecule has 1 N–H and O–H groups in total. The summed E-state index contributed by atoms with van der Waals surface area (Å²) >= 11 is 3.06. The second-order valence-electron chi connectivity index (χ2n) is 3.51. The molecule has 0 fully saturated rings. The molecule has 1 atom stereocenters. The minimum atomic E-state index is -0.567. The Hall–Kier alpha value is -0.710. The second-order valence-corrected chi connectivity index (χ2v) is 4.60. The Morgan fingerprint density at radius 3 is 2.89 bits per heavy atom. The van der Waals surface area contributed by atoms with Gasteiger partial charge in [0.05, 0.1) is 16.6 Å². The van der Waals surface area contributed by atoms with Crippen molar-refractivity contribution >= 4 is 31.3 Å². The predicted octanol–water partition coefficient (Wildman–Crippen LogP) is 3.22. The van der Waals surface area contributed by atoms with Crippen molar-refractivity contribution in [3.05, 3.63) is 28.0 Å². The Labute approximate surface area is 116 Å². The Morgan fingerprint density at radius 2 is 2.28 bits per heavy atom. The molecule has 0 heterocycles. The minimum absolute atomic E-state index is 0.0919. The number of carbonyl (C=O) groups excluding carboxylic acids is 1. The van der Waals surface area contributed by atoms with E-state index in [0.717, 1.165) is 18.9 Å². The molecule has 0 aliphatic carbocycles. The Balaban J connectivity index is 2.97. The second kappa shape index (κ2) is 7.67. The van der Waals surface area contributed by atoms with E-state index in [4.69, 9.17) is 4.74 Å². The molecule has 0 aromatic heterocycles. The standard InChI is InChI=1S/C11H14BrFNO3P/c1-2-3-4-16-10-6-8(12)9(13)5-7(10)11(15)14-17-18/h5-6H,2-4,18H2,1H3,(H,14,15). The Kier molecular flexibility index (Phi) is 6.54. The highest BCUT2D eigenvalue weighted by molar-refractivity contribution is 9.10. The highest BCUT2D eigenvalue weighted by Crippen LogP contribution is 2.27. The zero-order valence-corrected chi connectivity index (χ0v) is 12.6. The molecule has 0 saturated carbocycles. The van der Waals surface area contributed by atoms with Crippen LogP contribution in [0.25, 0.3) is 0 Å². The molecule has 0 saturated heterocycles. The van der Waals surface area contributed by atoms with Gasteiger partial charge in [0.15, 0.2) is 0 Å². The number of ether oxygens (including phenoxy) is 1. The number of nitrogens with one attached hydrogen (secondary N) is 1. The van der Waals surface area contributed by atoms with Crippen LogP contribution in [0.1, 0.15) is 30.1 Å². The summed E-state index contributed by atoms with van der Waals surface area (Å²) in [7, 11) is 1.88. The predicted molar refractivity (Wildman–Crippen MR) is 72.8 cm³/mol. The molecule has 1 aromatic rings. The van der Waals surface area contributed by atoms with Gasteiger partial charge in [-0.15, -0.1) is 0 Å². The summed E-state index contributed by atoms with van der Waals surface area (Å²) in [6.45, 7) is 2.50. The molecule has 0 spiro atoms. The van der Waals surface area contributed by atoms with Gasteiger partial charge in [-0.2, -0.15) is 0 Å². The van der Waals surface area contributed by atoms with E-state index in [-0.39, 0.29) is 10.0 Å². The first kappa shape index (κ1) is 15.3. The van der Waals surface area contributed by atoms with E-state index in [2.05, 4.69) is 26.0 Å². The van der Waals surface area contributed by atoms with Crippen LogP contribution in [0.2, 0.25) is 0 Å². The third-order valence-electron chi connectivity index (χ3n) is 2.17. The summed E-state index contributed by atoms with van der Waals surface area (Å²) in [4.78, 5) is 11.7. The molecule has 0 aliphatic rings. The van der Waals surface area contributed by atoms with Crippen LogP contribution in [0.3, 0.4) is 0 Å². The molecule has 7 heteroatoms. The molecule has 1 amide bonds. The van der Waals surface area contributed by atoms with E-state index in [0.29, 0.717) is 12.4 Å². The average molecular weight is 338 g/mol.